The Labute approximate surface area is 96.3 Å². The third-order valence-corrected chi connectivity index (χ3v) is 3.31. The standard InChI is InChI=1S/C12H17ClN2/c1-2-15(10-6-3-4-7-10)12-9-5-8-11(13)14-12/h5,8-10H,2-4,6-7H2,1H3. The molecular formula is C12H17ClN2. The van der Waals surface area contributed by atoms with Crippen LogP contribution in [0.5, 0.6) is 0 Å². The molecule has 3 heteroatoms. The van der Waals surface area contributed by atoms with E-state index in [1.165, 1.54) is 25.7 Å². The topological polar surface area (TPSA) is 16.1 Å². The number of nitrogens with zero attached hydrogens (tertiary/aromatic N) is 2. The van der Waals surface area contributed by atoms with Gasteiger partial charge in [0.1, 0.15) is 11.0 Å². The number of hydrogen-bond donors (Lipinski definition) is 0. The minimum atomic E-state index is 0.587. The van der Waals surface area contributed by atoms with Crippen molar-refractivity contribution in [2.75, 3.05) is 11.4 Å². The lowest BCUT2D eigenvalue weighted by atomic mass is 10.2. The number of aromatic nitrogens is 1. The highest BCUT2D eigenvalue weighted by molar-refractivity contribution is 6.29. The lowest BCUT2D eigenvalue weighted by molar-refractivity contribution is 0.613. The van der Waals surface area contributed by atoms with Gasteiger partial charge in [0.05, 0.1) is 0 Å². The fourth-order valence-electron chi connectivity index (χ4n) is 2.38. The highest BCUT2D eigenvalue weighted by Crippen LogP contribution is 2.27. The summed E-state index contributed by atoms with van der Waals surface area (Å²) in [6.45, 7) is 3.19. The lowest BCUT2D eigenvalue weighted by Gasteiger charge is -2.28. The molecule has 2 rings (SSSR count). The Hall–Kier alpha value is -0.760. The van der Waals surface area contributed by atoms with Crippen LogP contribution in [0.15, 0.2) is 18.2 Å². The first-order valence-corrected chi connectivity index (χ1v) is 6.08. The third-order valence-electron chi connectivity index (χ3n) is 3.10. The van der Waals surface area contributed by atoms with E-state index in [0.717, 1.165) is 12.4 Å². The molecule has 0 spiro atoms. The maximum absolute atomic E-state index is 5.91. The molecule has 1 aromatic heterocycles. The summed E-state index contributed by atoms with van der Waals surface area (Å²) >= 11 is 5.91. The van der Waals surface area contributed by atoms with Gasteiger partial charge in [-0.25, -0.2) is 4.98 Å². The first-order valence-electron chi connectivity index (χ1n) is 5.70. The van der Waals surface area contributed by atoms with Crippen molar-refractivity contribution >= 4 is 17.4 Å². The highest BCUT2D eigenvalue weighted by atomic mass is 35.5. The summed E-state index contributed by atoms with van der Waals surface area (Å²) in [4.78, 5) is 6.75. The first-order chi connectivity index (χ1) is 7.31. The van der Waals surface area contributed by atoms with Gasteiger partial charge in [-0.1, -0.05) is 30.5 Å². The van der Waals surface area contributed by atoms with Crippen LogP contribution in [0.2, 0.25) is 5.15 Å². The van der Waals surface area contributed by atoms with Gasteiger partial charge in [0.25, 0.3) is 0 Å². The molecule has 1 saturated carbocycles. The van der Waals surface area contributed by atoms with Crippen LogP contribution in [-0.4, -0.2) is 17.6 Å². The molecule has 0 amide bonds. The number of anilines is 1. The fraction of sp³-hybridized carbons (Fsp3) is 0.583. The lowest BCUT2D eigenvalue weighted by Crippen LogP contribution is -2.33. The van der Waals surface area contributed by atoms with Crippen LogP contribution in [0.3, 0.4) is 0 Å². The van der Waals surface area contributed by atoms with Crippen molar-refractivity contribution in [1.29, 1.82) is 0 Å². The van der Waals surface area contributed by atoms with Crippen LogP contribution in [0.25, 0.3) is 0 Å². The summed E-state index contributed by atoms with van der Waals surface area (Å²) < 4.78 is 0. The molecule has 1 aromatic rings. The average Bonchev–Trinajstić information content (AvgIpc) is 2.72. The monoisotopic (exact) mass is 224 g/mol. The van der Waals surface area contributed by atoms with E-state index in [-0.39, 0.29) is 0 Å². The molecule has 0 N–H and O–H groups in total. The van der Waals surface area contributed by atoms with E-state index in [2.05, 4.69) is 16.8 Å². The molecule has 1 heterocycles. The summed E-state index contributed by atoms with van der Waals surface area (Å²) in [5, 5.41) is 0.587. The van der Waals surface area contributed by atoms with E-state index in [4.69, 9.17) is 11.6 Å². The van der Waals surface area contributed by atoms with E-state index < -0.39 is 0 Å². The zero-order chi connectivity index (χ0) is 10.7. The SMILES string of the molecule is CCN(c1cccc(Cl)n1)C1CCCC1. The Balaban J connectivity index is 2.18. The molecule has 1 fully saturated rings. The Morgan fingerprint density at radius 2 is 2.13 bits per heavy atom. The Morgan fingerprint density at radius 3 is 2.73 bits per heavy atom. The molecule has 82 valence electrons. The molecule has 1 aliphatic rings. The summed E-state index contributed by atoms with van der Waals surface area (Å²) in [5.41, 5.74) is 0. The number of halogens is 1. The fourth-order valence-corrected chi connectivity index (χ4v) is 2.54. The predicted octanol–water partition coefficient (Wildman–Crippen LogP) is 3.50. The smallest absolute Gasteiger partial charge is 0.131 e. The van der Waals surface area contributed by atoms with E-state index in [9.17, 15) is 0 Å². The second-order valence-electron chi connectivity index (χ2n) is 4.04. The largest absolute Gasteiger partial charge is 0.354 e. The van der Waals surface area contributed by atoms with E-state index in [1.807, 2.05) is 18.2 Å². The molecule has 15 heavy (non-hydrogen) atoms. The number of rotatable bonds is 3. The molecule has 0 aliphatic heterocycles. The van der Waals surface area contributed by atoms with Gasteiger partial charge in [0, 0.05) is 12.6 Å². The van der Waals surface area contributed by atoms with Crippen molar-refractivity contribution in [2.45, 2.75) is 38.6 Å². The number of hydrogen-bond acceptors (Lipinski definition) is 2. The van der Waals surface area contributed by atoms with Gasteiger partial charge in [-0.3, -0.25) is 0 Å². The summed E-state index contributed by atoms with van der Waals surface area (Å²) in [7, 11) is 0. The van der Waals surface area contributed by atoms with Crippen molar-refractivity contribution < 1.29 is 0 Å². The van der Waals surface area contributed by atoms with E-state index >= 15 is 0 Å². The Bertz CT molecular complexity index is 321. The minimum absolute atomic E-state index is 0.587. The molecule has 0 aromatic carbocycles. The Kier molecular flexibility index (Phi) is 3.47. The second-order valence-corrected chi connectivity index (χ2v) is 4.43. The quantitative estimate of drug-likeness (QED) is 0.731. The molecular weight excluding hydrogens is 208 g/mol. The summed E-state index contributed by atoms with van der Waals surface area (Å²) in [5.74, 6) is 1.02. The highest BCUT2D eigenvalue weighted by Gasteiger charge is 2.22. The molecule has 0 bridgehead atoms. The van der Waals surface area contributed by atoms with Crippen molar-refractivity contribution in [1.82, 2.24) is 4.98 Å². The summed E-state index contributed by atoms with van der Waals surface area (Å²) in [6, 6.07) is 6.52. The molecule has 0 unspecified atom stereocenters. The van der Waals surface area contributed by atoms with Gasteiger partial charge >= 0.3 is 0 Å². The maximum Gasteiger partial charge on any atom is 0.131 e. The van der Waals surface area contributed by atoms with Crippen LogP contribution >= 0.6 is 11.6 Å². The van der Waals surface area contributed by atoms with Gasteiger partial charge in [-0.15, -0.1) is 0 Å². The molecule has 0 radical (unpaired) electrons. The van der Waals surface area contributed by atoms with Gasteiger partial charge in [-0.05, 0) is 31.9 Å². The molecule has 0 atom stereocenters. The minimum Gasteiger partial charge on any atom is -0.354 e. The normalized spacial score (nSPS) is 16.9. The third kappa shape index (κ3) is 2.43. The van der Waals surface area contributed by atoms with Gasteiger partial charge < -0.3 is 4.90 Å². The molecule has 0 saturated heterocycles. The van der Waals surface area contributed by atoms with Crippen LogP contribution in [0.4, 0.5) is 5.82 Å². The Morgan fingerprint density at radius 1 is 1.40 bits per heavy atom. The van der Waals surface area contributed by atoms with Gasteiger partial charge in [0.15, 0.2) is 0 Å². The summed E-state index contributed by atoms with van der Waals surface area (Å²) in [6.07, 6.45) is 5.29. The second kappa shape index (κ2) is 4.84. The van der Waals surface area contributed by atoms with Crippen LogP contribution < -0.4 is 4.90 Å². The van der Waals surface area contributed by atoms with Gasteiger partial charge in [0.2, 0.25) is 0 Å². The van der Waals surface area contributed by atoms with Crippen LogP contribution in [0, 0.1) is 0 Å². The maximum atomic E-state index is 5.91. The first kappa shape index (κ1) is 10.7. The molecule has 2 nitrogen and oxygen atoms in total. The predicted molar refractivity (Wildman–Crippen MR) is 64.5 cm³/mol. The van der Waals surface area contributed by atoms with Crippen LogP contribution in [0.1, 0.15) is 32.6 Å². The van der Waals surface area contributed by atoms with E-state index in [0.29, 0.717) is 11.2 Å². The average molecular weight is 225 g/mol. The number of pyridine rings is 1. The van der Waals surface area contributed by atoms with Crippen molar-refractivity contribution in [3.63, 3.8) is 0 Å². The molecule has 1 aliphatic carbocycles. The van der Waals surface area contributed by atoms with Gasteiger partial charge in [-0.2, -0.15) is 0 Å². The van der Waals surface area contributed by atoms with Crippen molar-refractivity contribution in [2.24, 2.45) is 0 Å². The van der Waals surface area contributed by atoms with E-state index in [1.54, 1.807) is 0 Å². The zero-order valence-corrected chi connectivity index (χ0v) is 9.87. The van der Waals surface area contributed by atoms with Crippen LogP contribution in [-0.2, 0) is 0 Å². The van der Waals surface area contributed by atoms with Crippen molar-refractivity contribution in [3.8, 4) is 0 Å². The zero-order valence-electron chi connectivity index (χ0n) is 9.12. The van der Waals surface area contributed by atoms with Crippen molar-refractivity contribution in [3.05, 3.63) is 23.4 Å².